The Bertz CT molecular complexity index is 725. The van der Waals surface area contributed by atoms with Crippen molar-refractivity contribution in [1.29, 1.82) is 0 Å². The molecule has 0 spiro atoms. The molecule has 1 aromatic heterocycles. The summed E-state index contributed by atoms with van der Waals surface area (Å²) < 4.78 is 4.95. The first kappa shape index (κ1) is 19.7. The number of aryl methyl sites for hydroxylation is 1. The van der Waals surface area contributed by atoms with Gasteiger partial charge in [0.15, 0.2) is 5.82 Å². The van der Waals surface area contributed by atoms with Crippen LogP contribution in [0.2, 0.25) is 0 Å². The highest BCUT2D eigenvalue weighted by atomic mass is 16.5. The highest BCUT2D eigenvalue weighted by Gasteiger charge is 2.26. The van der Waals surface area contributed by atoms with Gasteiger partial charge in [-0.25, -0.2) is 0 Å². The number of hydrogen-bond donors (Lipinski definition) is 1. The zero-order valence-electron chi connectivity index (χ0n) is 15.9. The van der Waals surface area contributed by atoms with Crippen LogP contribution in [0.5, 0.6) is 0 Å². The van der Waals surface area contributed by atoms with Crippen molar-refractivity contribution in [3.05, 3.63) is 47.7 Å². The maximum Gasteiger partial charge on any atom is 0.245 e. The predicted molar refractivity (Wildman–Crippen MR) is 101 cm³/mol. The van der Waals surface area contributed by atoms with Gasteiger partial charge in [0.05, 0.1) is 12.5 Å². The van der Waals surface area contributed by atoms with Crippen LogP contribution < -0.4 is 5.32 Å². The second kappa shape index (κ2) is 9.17. The van der Waals surface area contributed by atoms with Crippen LogP contribution in [0.1, 0.15) is 44.4 Å². The van der Waals surface area contributed by atoms with Gasteiger partial charge in [-0.05, 0) is 24.8 Å². The van der Waals surface area contributed by atoms with E-state index in [4.69, 9.17) is 4.52 Å². The van der Waals surface area contributed by atoms with E-state index in [1.54, 1.807) is 17.9 Å². The smallest absolute Gasteiger partial charge is 0.245 e. The van der Waals surface area contributed by atoms with Crippen LogP contribution in [0.25, 0.3) is 0 Å². The number of aromatic nitrogens is 1. The van der Waals surface area contributed by atoms with Crippen molar-refractivity contribution in [2.45, 2.75) is 40.0 Å². The van der Waals surface area contributed by atoms with E-state index < -0.39 is 0 Å². The molecule has 6 heteroatoms. The first-order valence-corrected chi connectivity index (χ1v) is 8.97. The molecule has 140 valence electrons. The van der Waals surface area contributed by atoms with Gasteiger partial charge in [0.1, 0.15) is 5.76 Å². The van der Waals surface area contributed by atoms with E-state index in [0.29, 0.717) is 24.5 Å². The third kappa shape index (κ3) is 5.44. The van der Waals surface area contributed by atoms with Crippen LogP contribution in [0.3, 0.4) is 0 Å². The fourth-order valence-electron chi connectivity index (χ4n) is 2.91. The quantitative estimate of drug-likeness (QED) is 0.783. The maximum atomic E-state index is 13.1. The van der Waals surface area contributed by atoms with Crippen LogP contribution in [0.15, 0.2) is 40.9 Å². The molecule has 0 radical (unpaired) electrons. The third-order valence-electron chi connectivity index (χ3n) is 4.04. The van der Waals surface area contributed by atoms with Crippen LogP contribution in [-0.4, -0.2) is 35.0 Å². The summed E-state index contributed by atoms with van der Waals surface area (Å²) in [7, 11) is 0. The Balaban J connectivity index is 2.11. The highest BCUT2D eigenvalue weighted by molar-refractivity contribution is 5.95. The summed E-state index contributed by atoms with van der Waals surface area (Å²) in [6.07, 6.45) is 0.682. The zero-order valence-corrected chi connectivity index (χ0v) is 15.9. The normalized spacial score (nSPS) is 12.0. The molecular formula is C20H27N3O3. The van der Waals surface area contributed by atoms with Crippen molar-refractivity contribution >= 4 is 17.6 Å². The lowest BCUT2D eigenvalue weighted by atomic mass is 9.94. The summed E-state index contributed by atoms with van der Waals surface area (Å²) in [5, 5.41) is 6.44. The summed E-state index contributed by atoms with van der Waals surface area (Å²) in [6.45, 7) is 8.31. The van der Waals surface area contributed by atoms with E-state index in [0.717, 1.165) is 5.56 Å². The summed E-state index contributed by atoms with van der Waals surface area (Å²) >= 11 is 0. The minimum absolute atomic E-state index is 0.00768. The second-order valence-corrected chi connectivity index (χ2v) is 6.86. The first-order valence-electron chi connectivity index (χ1n) is 8.97. The molecule has 0 saturated carbocycles. The molecule has 0 saturated heterocycles. The van der Waals surface area contributed by atoms with Crippen molar-refractivity contribution in [1.82, 2.24) is 10.1 Å². The van der Waals surface area contributed by atoms with Crippen LogP contribution in [0.4, 0.5) is 5.82 Å². The van der Waals surface area contributed by atoms with Gasteiger partial charge in [-0.3, -0.25) is 9.59 Å². The Hall–Kier alpha value is -2.63. The fourth-order valence-corrected chi connectivity index (χ4v) is 2.91. The van der Waals surface area contributed by atoms with Crippen molar-refractivity contribution in [3.8, 4) is 0 Å². The number of carbonyl (C=O) groups is 2. The number of nitrogens with zero attached hydrogens (tertiary/aromatic N) is 2. The molecule has 2 rings (SSSR count). The summed E-state index contributed by atoms with van der Waals surface area (Å²) in [6, 6.07) is 11.3. The van der Waals surface area contributed by atoms with E-state index in [9.17, 15) is 9.59 Å². The number of anilines is 1. The average Bonchev–Trinajstić information content (AvgIpc) is 3.00. The molecule has 1 unspecified atom stereocenters. The number of hydrogen-bond acceptors (Lipinski definition) is 4. The second-order valence-electron chi connectivity index (χ2n) is 6.86. The largest absolute Gasteiger partial charge is 0.360 e. The molecule has 0 aliphatic rings. The van der Waals surface area contributed by atoms with E-state index in [-0.39, 0.29) is 30.2 Å². The number of carbonyl (C=O) groups excluding carboxylic acids is 2. The summed E-state index contributed by atoms with van der Waals surface area (Å²) in [4.78, 5) is 27.1. The van der Waals surface area contributed by atoms with E-state index >= 15 is 0 Å². The molecular weight excluding hydrogens is 330 g/mol. The monoisotopic (exact) mass is 357 g/mol. The third-order valence-corrected chi connectivity index (χ3v) is 4.04. The molecule has 0 aliphatic heterocycles. The minimum Gasteiger partial charge on any atom is -0.360 e. The van der Waals surface area contributed by atoms with E-state index in [1.807, 2.05) is 51.1 Å². The minimum atomic E-state index is -0.282. The molecule has 1 heterocycles. The van der Waals surface area contributed by atoms with Crippen molar-refractivity contribution < 1.29 is 14.1 Å². The van der Waals surface area contributed by atoms with Crippen molar-refractivity contribution in [3.63, 3.8) is 0 Å². The average molecular weight is 357 g/mol. The maximum absolute atomic E-state index is 13.1. The Kier molecular flexibility index (Phi) is 6.95. The molecule has 2 amide bonds. The molecule has 2 aromatic rings. The van der Waals surface area contributed by atoms with E-state index in [2.05, 4.69) is 10.5 Å². The molecule has 0 aliphatic carbocycles. The molecule has 1 aromatic carbocycles. The Morgan fingerprint density at radius 3 is 2.46 bits per heavy atom. The van der Waals surface area contributed by atoms with Gasteiger partial charge in [0.2, 0.25) is 11.8 Å². The number of amides is 2. The van der Waals surface area contributed by atoms with Gasteiger partial charge in [-0.1, -0.05) is 56.3 Å². The molecule has 0 bridgehead atoms. The summed E-state index contributed by atoms with van der Waals surface area (Å²) in [5.74, 6) is 0.672. The Morgan fingerprint density at radius 1 is 1.23 bits per heavy atom. The lowest BCUT2D eigenvalue weighted by Gasteiger charge is -2.28. The predicted octanol–water partition coefficient (Wildman–Crippen LogP) is 3.60. The zero-order chi connectivity index (χ0) is 19.1. The van der Waals surface area contributed by atoms with Gasteiger partial charge in [0.25, 0.3) is 0 Å². The fraction of sp³-hybridized carbons (Fsp3) is 0.450. The topological polar surface area (TPSA) is 75.4 Å². The van der Waals surface area contributed by atoms with Crippen LogP contribution in [0, 0.1) is 12.8 Å². The van der Waals surface area contributed by atoms with Crippen molar-refractivity contribution in [2.24, 2.45) is 5.92 Å². The number of rotatable bonds is 8. The van der Waals surface area contributed by atoms with Crippen LogP contribution >= 0.6 is 0 Å². The Morgan fingerprint density at radius 2 is 1.92 bits per heavy atom. The van der Waals surface area contributed by atoms with Gasteiger partial charge in [-0.2, -0.15) is 0 Å². The lowest BCUT2D eigenvalue weighted by Crippen LogP contribution is -2.42. The molecule has 1 atom stereocenters. The van der Waals surface area contributed by atoms with Crippen molar-refractivity contribution in [2.75, 3.05) is 18.4 Å². The molecule has 6 nitrogen and oxygen atoms in total. The van der Waals surface area contributed by atoms with E-state index in [1.165, 1.54) is 0 Å². The summed E-state index contributed by atoms with van der Waals surface area (Å²) in [5.41, 5.74) is 0.973. The SMILES string of the molecule is CCC(C(=O)N(CC(=O)Nc1cc(C)on1)CC(C)C)c1ccccc1. The molecule has 0 fully saturated rings. The highest BCUT2D eigenvalue weighted by Crippen LogP contribution is 2.22. The standard InChI is InChI=1S/C20H27N3O3/c1-5-17(16-9-7-6-8-10-16)20(25)23(12-14(2)3)13-19(24)21-18-11-15(4)26-22-18/h6-11,14,17H,5,12-13H2,1-4H3,(H,21,22,24). The number of nitrogens with one attached hydrogen (secondary N) is 1. The molecule has 26 heavy (non-hydrogen) atoms. The number of benzene rings is 1. The molecule has 1 N–H and O–H groups in total. The van der Waals surface area contributed by atoms with Crippen LogP contribution in [-0.2, 0) is 9.59 Å². The lowest BCUT2D eigenvalue weighted by molar-refractivity contribution is -0.136. The van der Waals surface area contributed by atoms with Gasteiger partial charge in [0, 0.05) is 12.6 Å². The first-order chi connectivity index (χ1) is 12.4. The van der Waals surface area contributed by atoms with Gasteiger partial charge < -0.3 is 14.7 Å². The van der Waals surface area contributed by atoms with Gasteiger partial charge in [-0.15, -0.1) is 0 Å². The Labute approximate surface area is 154 Å². The van der Waals surface area contributed by atoms with Gasteiger partial charge >= 0.3 is 0 Å².